The fourth-order valence-corrected chi connectivity index (χ4v) is 1.86. The second-order valence-electron chi connectivity index (χ2n) is 3.66. The van der Waals surface area contributed by atoms with Crippen molar-refractivity contribution in [3.63, 3.8) is 0 Å². The minimum Gasteiger partial charge on any atom is -0.411 e. The quantitative estimate of drug-likeness (QED) is 0.378. The SMILES string of the molecule is CC(C)n1nc(/C=N/O)c2c(Cl)nccc21. The number of pyridine rings is 1. The van der Waals surface area contributed by atoms with Gasteiger partial charge in [-0.15, -0.1) is 0 Å². The normalized spacial score (nSPS) is 12.0. The van der Waals surface area contributed by atoms with Crippen molar-refractivity contribution in [1.29, 1.82) is 0 Å². The Bertz CT molecular complexity index is 547. The molecule has 0 saturated heterocycles. The highest BCUT2D eigenvalue weighted by molar-refractivity contribution is 6.35. The van der Waals surface area contributed by atoms with E-state index in [9.17, 15) is 0 Å². The van der Waals surface area contributed by atoms with Gasteiger partial charge in [-0.1, -0.05) is 16.8 Å². The van der Waals surface area contributed by atoms with E-state index < -0.39 is 0 Å². The summed E-state index contributed by atoms with van der Waals surface area (Å²) < 4.78 is 1.82. The predicted molar refractivity (Wildman–Crippen MR) is 62.3 cm³/mol. The summed E-state index contributed by atoms with van der Waals surface area (Å²) in [5.41, 5.74) is 1.40. The van der Waals surface area contributed by atoms with Crippen LogP contribution in [0.3, 0.4) is 0 Å². The maximum atomic E-state index is 8.57. The van der Waals surface area contributed by atoms with Crippen molar-refractivity contribution in [2.24, 2.45) is 5.16 Å². The molecule has 0 aliphatic rings. The van der Waals surface area contributed by atoms with E-state index in [-0.39, 0.29) is 6.04 Å². The van der Waals surface area contributed by atoms with Crippen molar-refractivity contribution in [3.05, 3.63) is 23.1 Å². The van der Waals surface area contributed by atoms with Gasteiger partial charge >= 0.3 is 0 Å². The average molecular weight is 239 g/mol. The first-order valence-electron chi connectivity index (χ1n) is 4.85. The summed E-state index contributed by atoms with van der Waals surface area (Å²) in [6.45, 7) is 4.03. The van der Waals surface area contributed by atoms with Gasteiger partial charge in [0.2, 0.25) is 0 Å². The molecule has 0 fully saturated rings. The minimum atomic E-state index is 0.196. The maximum Gasteiger partial charge on any atom is 0.140 e. The molecule has 2 aromatic rings. The molecule has 0 spiro atoms. The Morgan fingerprint density at radius 1 is 1.56 bits per heavy atom. The Morgan fingerprint density at radius 3 is 2.94 bits per heavy atom. The van der Waals surface area contributed by atoms with Crippen LogP contribution in [0.4, 0.5) is 0 Å². The molecule has 5 nitrogen and oxygen atoms in total. The molecule has 16 heavy (non-hydrogen) atoms. The van der Waals surface area contributed by atoms with Crippen molar-refractivity contribution >= 4 is 28.7 Å². The Hall–Kier alpha value is -1.62. The second-order valence-corrected chi connectivity index (χ2v) is 4.02. The van der Waals surface area contributed by atoms with Gasteiger partial charge in [0.05, 0.1) is 17.1 Å². The van der Waals surface area contributed by atoms with E-state index in [1.165, 1.54) is 6.21 Å². The van der Waals surface area contributed by atoms with Gasteiger partial charge in [0.15, 0.2) is 0 Å². The molecule has 0 atom stereocenters. The molecule has 2 heterocycles. The summed E-state index contributed by atoms with van der Waals surface area (Å²) in [5.74, 6) is 0. The van der Waals surface area contributed by atoms with Gasteiger partial charge in [-0.2, -0.15) is 5.10 Å². The van der Waals surface area contributed by atoms with Crippen LogP contribution in [-0.4, -0.2) is 26.2 Å². The molecule has 2 rings (SSSR count). The van der Waals surface area contributed by atoms with E-state index in [0.29, 0.717) is 16.2 Å². The monoisotopic (exact) mass is 238 g/mol. The van der Waals surface area contributed by atoms with Crippen molar-refractivity contribution < 1.29 is 5.21 Å². The summed E-state index contributed by atoms with van der Waals surface area (Å²) in [5, 5.41) is 16.9. The molecule has 6 heteroatoms. The molecule has 0 amide bonds. The van der Waals surface area contributed by atoms with Gasteiger partial charge in [0, 0.05) is 12.2 Å². The van der Waals surface area contributed by atoms with Crippen LogP contribution in [0.15, 0.2) is 17.4 Å². The van der Waals surface area contributed by atoms with Gasteiger partial charge in [0.1, 0.15) is 10.8 Å². The first-order valence-corrected chi connectivity index (χ1v) is 5.23. The lowest BCUT2D eigenvalue weighted by Crippen LogP contribution is -2.02. The molecular weight excluding hydrogens is 228 g/mol. The van der Waals surface area contributed by atoms with Crippen LogP contribution in [-0.2, 0) is 0 Å². The summed E-state index contributed by atoms with van der Waals surface area (Å²) >= 11 is 6.01. The molecule has 0 bridgehead atoms. The van der Waals surface area contributed by atoms with Crippen LogP contribution in [0.25, 0.3) is 10.9 Å². The fourth-order valence-electron chi connectivity index (χ4n) is 1.61. The van der Waals surface area contributed by atoms with Crippen LogP contribution < -0.4 is 0 Å². The van der Waals surface area contributed by atoms with Crippen molar-refractivity contribution in [3.8, 4) is 0 Å². The van der Waals surface area contributed by atoms with E-state index in [4.69, 9.17) is 16.8 Å². The predicted octanol–water partition coefficient (Wildman–Crippen LogP) is 2.47. The molecule has 0 saturated carbocycles. The topological polar surface area (TPSA) is 63.3 Å². The smallest absolute Gasteiger partial charge is 0.140 e. The lowest BCUT2D eigenvalue weighted by Gasteiger charge is -2.06. The number of aromatic nitrogens is 3. The number of fused-ring (bicyclic) bond motifs is 1. The van der Waals surface area contributed by atoms with Gasteiger partial charge in [-0.05, 0) is 19.9 Å². The molecule has 0 radical (unpaired) electrons. The number of hydrogen-bond acceptors (Lipinski definition) is 4. The lowest BCUT2D eigenvalue weighted by atomic mass is 10.2. The van der Waals surface area contributed by atoms with Crippen LogP contribution >= 0.6 is 11.6 Å². The molecule has 0 aliphatic carbocycles. The first-order chi connectivity index (χ1) is 7.65. The van der Waals surface area contributed by atoms with Crippen molar-refractivity contribution in [2.75, 3.05) is 0 Å². The lowest BCUT2D eigenvalue weighted by molar-refractivity contribution is 0.321. The molecule has 0 aliphatic heterocycles. The van der Waals surface area contributed by atoms with Gasteiger partial charge < -0.3 is 5.21 Å². The highest BCUT2D eigenvalue weighted by Gasteiger charge is 2.14. The number of rotatable bonds is 2. The highest BCUT2D eigenvalue weighted by Crippen LogP contribution is 2.25. The Labute approximate surface area is 97.3 Å². The molecule has 0 unspecified atom stereocenters. The number of oxime groups is 1. The third-order valence-corrected chi connectivity index (χ3v) is 2.56. The number of nitrogens with zero attached hydrogens (tertiary/aromatic N) is 4. The zero-order valence-electron chi connectivity index (χ0n) is 8.92. The molecular formula is C10H11ClN4O. The second kappa shape index (κ2) is 4.09. The third-order valence-electron chi connectivity index (χ3n) is 2.27. The number of hydrogen-bond donors (Lipinski definition) is 1. The van der Waals surface area contributed by atoms with Gasteiger partial charge in [-0.25, -0.2) is 4.98 Å². The van der Waals surface area contributed by atoms with E-state index in [0.717, 1.165) is 5.52 Å². The standard InChI is InChI=1S/C10H11ClN4O/c1-6(2)15-8-3-4-12-10(11)9(8)7(14-15)5-13-16/h3-6,16H,1-2H3/b13-5+. The summed E-state index contributed by atoms with van der Waals surface area (Å²) in [7, 11) is 0. The fraction of sp³-hybridized carbons (Fsp3) is 0.300. The van der Waals surface area contributed by atoms with Gasteiger partial charge in [-0.3, -0.25) is 4.68 Å². The molecule has 0 aromatic carbocycles. The minimum absolute atomic E-state index is 0.196. The molecule has 84 valence electrons. The summed E-state index contributed by atoms with van der Waals surface area (Å²) in [6.07, 6.45) is 2.89. The molecule has 1 N–H and O–H groups in total. The van der Waals surface area contributed by atoms with Crippen molar-refractivity contribution in [1.82, 2.24) is 14.8 Å². The number of halogens is 1. The Morgan fingerprint density at radius 2 is 2.31 bits per heavy atom. The van der Waals surface area contributed by atoms with Crippen LogP contribution in [0.5, 0.6) is 0 Å². The average Bonchev–Trinajstić information content (AvgIpc) is 2.59. The first kappa shape index (κ1) is 10.9. The van der Waals surface area contributed by atoms with Crippen LogP contribution in [0.2, 0.25) is 5.15 Å². The van der Waals surface area contributed by atoms with E-state index in [2.05, 4.69) is 15.2 Å². The van der Waals surface area contributed by atoms with Gasteiger partial charge in [0.25, 0.3) is 0 Å². The van der Waals surface area contributed by atoms with Crippen LogP contribution in [0.1, 0.15) is 25.6 Å². The van der Waals surface area contributed by atoms with E-state index >= 15 is 0 Å². The Kier molecular flexibility index (Phi) is 2.78. The highest BCUT2D eigenvalue weighted by atomic mass is 35.5. The maximum absolute atomic E-state index is 8.57. The van der Waals surface area contributed by atoms with E-state index in [1.807, 2.05) is 24.6 Å². The zero-order chi connectivity index (χ0) is 11.7. The Balaban J connectivity index is 2.81. The summed E-state index contributed by atoms with van der Waals surface area (Å²) in [6, 6.07) is 2.03. The molecule has 2 aromatic heterocycles. The third kappa shape index (κ3) is 1.63. The zero-order valence-corrected chi connectivity index (χ0v) is 9.68. The van der Waals surface area contributed by atoms with Crippen molar-refractivity contribution in [2.45, 2.75) is 19.9 Å². The van der Waals surface area contributed by atoms with Crippen LogP contribution in [0, 0.1) is 0 Å². The summed E-state index contributed by atoms with van der Waals surface area (Å²) in [4.78, 5) is 3.99. The van der Waals surface area contributed by atoms with E-state index in [1.54, 1.807) is 6.20 Å². The largest absolute Gasteiger partial charge is 0.411 e.